The van der Waals surface area contributed by atoms with E-state index in [1.54, 1.807) is 42.5 Å². The first-order valence-corrected chi connectivity index (χ1v) is 10.8. The molecule has 2 amide bonds. The number of allylic oxidation sites excluding steroid dienone is 6. The zero-order valence-electron chi connectivity index (χ0n) is 19.0. The van der Waals surface area contributed by atoms with Crippen molar-refractivity contribution < 1.29 is 29.4 Å². The fourth-order valence-electron chi connectivity index (χ4n) is 4.04. The van der Waals surface area contributed by atoms with Crippen LogP contribution in [0.4, 0.5) is 11.4 Å². The molecule has 0 spiro atoms. The van der Waals surface area contributed by atoms with Crippen LogP contribution in [0, 0.1) is 0 Å². The van der Waals surface area contributed by atoms with E-state index in [0.717, 1.165) is 0 Å². The topological polar surface area (TPSA) is 133 Å². The molecular weight excluding hydrogens is 448 g/mol. The van der Waals surface area contributed by atoms with Gasteiger partial charge in [0.05, 0.1) is 5.57 Å². The Bertz CT molecular complexity index is 1410. The lowest BCUT2D eigenvalue weighted by molar-refractivity contribution is -0.115. The summed E-state index contributed by atoms with van der Waals surface area (Å²) in [5.41, 5.74) is 2.69. The van der Waals surface area contributed by atoms with Crippen LogP contribution in [0.3, 0.4) is 0 Å². The molecule has 2 aromatic carbocycles. The summed E-state index contributed by atoms with van der Waals surface area (Å²) >= 11 is 0. The van der Waals surface area contributed by atoms with Crippen molar-refractivity contribution in [1.82, 2.24) is 0 Å². The molecular formula is C27H22N2O6. The zero-order chi connectivity index (χ0) is 25.3. The lowest BCUT2D eigenvalue weighted by Gasteiger charge is -2.07. The minimum Gasteiger partial charge on any atom is -0.507 e. The number of benzene rings is 2. The van der Waals surface area contributed by atoms with Crippen molar-refractivity contribution in [2.45, 2.75) is 20.0 Å². The number of aliphatic hydroxyl groups excluding tert-OH is 2. The molecule has 2 aliphatic carbocycles. The summed E-state index contributed by atoms with van der Waals surface area (Å²) in [6.07, 6.45) is 6.45. The van der Waals surface area contributed by atoms with E-state index in [-0.39, 0.29) is 40.3 Å². The quantitative estimate of drug-likeness (QED) is 0.385. The van der Waals surface area contributed by atoms with Gasteiger partial charge in [0.2, 0.25) is 11.8 Å². The van der Waals surface area contributed by atoms with Crippen molar-refractivity contribution in [2.75, 3.05) is 10.6 Å². The van der Waals surface area contributed by atoms with Crippen LogP contribution < -0.4 is 10.6 Å². The average Bonchev–Trinajstić information content (AvgIpc) is 3.17. The maximum Gasteiger partial charge on any atom is 0.221 e. The number of amides is 2. The lowest BCUT2D eigenvalue weighted by atomic mass is 10.1. The smallest absolute Gasteiger partial charge is 0.221 e. The van der Waals surface area contributed by atoms with Crippen LogP contribution in [0.25, 0.3) is 5.76 Å². The summed E-state index contributed by atoms with van der Waals surface area (Å²) in [6, 6.07) is 9.40. The van der Waals surface area contributed by atoms with Gasteiger partial charge in [-0.1, -0.05) is 24.3 Å². The molecule has 0 fully saturated rings. The van der Waals surface area contributed by atoms with Crippen molar-refractivity contribution in [3.05, 3.63) is 100 Å². The molecule has 0 aromatic heterocycles. The Kier molecular flexibility index (Phi) is 6.31. The second-order valence-corrected chi connectivity index (χ2v) is 8.11. The summed E-state index contributed by atoms with van der Waals surface area (Å²) in [6.45, 7) is 2.74. The van der Waals surface area contributed by atoms with Crippen LogP contribution in [0.15, 0.2) is 77.9 Å². The molecule has 0 radical (unpaired) electrons. The molecule has 0 saturated carbocycles. The number of ketones is 2. The minimum atomic E-state index is -1.13. The molecule has 4 N–H and O–H groups in total. The fraction of sp³-hybridized carbons (Fsp3) is 0.111. The third-order valence-corrected chi connectivity index (χ3v) is 5.57. The second-order valence-electron chi connectivity index (χ2n) is 8.11. The molecule has 4 rings (SSSR count). The molecule has 0 heterocycles. The minimum absolute atomic E-state index is 0.104. The molecule has 8 heteroatoms. The van der Waals surface area contributed by atoms with Gasteiger partial charge in [-0.3, -0.25) is 19.2 Å². The van der Waals surface area contributed by atoms with E-state index in [0.29, 0.717) is 33.6 Å². The Labute approximate surface area is 201 Å². The van der Waals surface area contributed by atoms with Crippen LogP contribution in [0.2, 0.25) is 0 Å². The lowest BCUT2D eigenvalue weighted by Crippen LogP contribution is -2.06. The average molecular weight is 470 g/mol. The monoisotopic (exact) mass is 470 g/mol. The van der Waals surface area contributed by atoms with Crippen LogP contribution in [0.5, 0.6) is 0 Å². The number of aliphatic hydroxyl groups is 2. The van der Waals surface area contributed by atoms with Crippen LogP contribution in [-0.4, -0.2) is 33.6 Å². The van der Waals surface area contributed by atoms with Crippen molar-refractivity contribution >= 4 is 40.5 Å². The van der Waals surface area contributed by atoms with E-state index >= 15 is 0 Å². The van der Waals surface area contributed by atoms with Gasteiger partial charge in [0.15, 0.2) is 11.6 Å². The SMILES string of the molecule is CC(=O)Nc1ccc2c(c1)C(O)=C(/C=C/C=C/C=C1/C(=O)c3ccc(NC(C)=O)cc3C1O)C2=O. The molecule has 1 unspecified atom stereocenters. The Hall–Kier alpha value is -4.56. The largest absolute Gasteiger partial charge is 0.507 e. The predicted molar refractivity (Wildman–Crippen MR) is 131 cm³/mol. The molecule has 35 heavy (non-hydrogen) atoms. The van der Waals surface area contributed by atoms with E-state index in [1.807, 2.05) is 0 Å². The summed E-state index contributed by atoms with van der Waals surface area (Å²) in [5, 5.41) is 26.3. The van der Waals surface area contributed by atoms with E-state index < -0.39 is 6.10 Å². The number of fused-ring (bicyclic) bond motifs is 2. The van der Waals surface area contributed by atoms with Gasteiger partial charge in [0, 0.05) is 47.5 Å². The third kappa shape index (κ3) is 4.60. The van der Waals surface area contributed by atoms with Crippen molar-refractivity contribution in [3.8, 4) is 0 Å². The fourth-order valence-corrected chi connectivity index (χ4v) is 4.04. The normalized spacial score (nSPS) is 18.0. The molecule has 0 bridgehead atoms. The predicted octanol–water partition coefficient (Wildman–Crippen LogP) is 4.04. The first-order chi connectivity index (χ1) is 16.7. The molecule has 0 saturated heterocycles. The first kappa shape index (κ1) is 23.6. The van der Waals surface area contributed by atoms with Crippen LogP contribution in [0.1, 0.15) is 51.8 Å². The Balaban J connectivity index is 1.50. The number of carbonyl (C=O) groups is 4. The maximum absolute atomic E-state index is 12.6. The molecule has 176 valence electrons. The highest BCUT2D eigenvalue weighted by atomic mass is 16.3. The molecule has 0 aliphatic heterocycles. The van der Waals surface area contributed by atoms with Gasteiger partial charge >= 0.3 is 0 Å². The van der Waals surface area contributed by atoms with E-state index in [2.05, 4.69) is 10.6 Å². The number of rotatable bonds is 5. The van der Waals surface area contributed by atoms with Gasteiger partial charge in [-0.05, 0) is 48.0 Å². The highest BCUT2D eigenvalue weighted by Gasteiger charge is 2.33. The van der Waals surface area contributed by atoms with E-state index in [1.165, 1.54) is 38.1 Å². The van der Waals surface area contributed by atoms with Gasteiger partial charge in [-0.2, -0.15) is 0 Å². The van der Waals surface area contributed by atoms with Gasteiger partial charge in [-0.25, -0.2) is 0 Å². The van der Waals surface area contributed by atoms with E-state index in [4.69, 9.17) is 0 Å². The highest BCUT2D eigenvalue weighted by Crippen LogP contribution is 2.37. The van der Waals surface area contributed by atoms with Crippen LogP contribution >= 0.6 is 0 Å². The molecule has 1 atom stereocenters. The summed E-state index contributed by atoms with van der Waals surface area (Å²) in [4.78, 5) is 47.8. The number of anilines is 2. The Morgan fingerprint density at radius 3 is 2.11 bits per heavy atom. The molecule has 2 aliphatic rings. The first-order valence-electron chi connectivity index (χ1n) is 10.8. The van der Waals surface area contributed by atoms with E-state index in [9.17, 15) is 29.4 Å². The summed E-state index contributed by atoms with van der Waals surface area (Å²) < 4.78 is 0. The summed E-state index contributed by atoms with van der Waals surface area (Å²) in [7, 11) is 0. The number of hydrogen-bond donors (Lipinski definition) is 4. The maximum atomic E-state index is 12.6. The zero-order valence-corrected chi connectivity index (χ0v) is 19.0. The van der Waals surface area contributed by atoms with Gasteiger partial charge < -0.3 is 20.8 Å². The highest BCUT2D eigenvalue weighted by molar-refractivity contribution is 6.21. The van der Waals surface area contributed by atoms with Crippen molar-refractivity contribution in [2.24, 2.45) is 0 Å². The van der Waals surface area contributed by atoms with Crippen LogP contribution in [-0.2, 0) is 9.59 Å². The number of carbonyl (C=O) groups excluding carboxylic acids is 4. The second kappa shape index (κ2) is 9.36. The Morgan fingerprint density at radius 2 is 1.46 bits per heavy atom. The van der Waals surface area contributed by atoms with Crippen molar-refractivity contribution in [1.29, 1.82) is 0 Å². The standard InChI is InChI=1S/C27H22N2O6/c1-14(30)28-16-8-10-18-22(12-16)26(34)20(24(18)32)6-4-3-5-7-21-25(33)19-11-9-17(29-15(2)31)13-23(19)27(21)35/h3-13,26,34-35H,1-2H3,(H,28,30)(H,29,31)/b4-3+,7-5+,20-6-. The Morgan fingerprint density at radius 1 is 0.829 bits per heavy atom. The number of Topliss-reactive ketones (excluding diaryl/α,β-unsaturated/α-hetero) is 2. The number of hydrogen-bond acceptors (Lipinski definition) is 6. The van der Waals surface area contributed by atoms with Crippen molar-refractivity contribution in [3.63, 3.8) is 0 Å². The van der Waals surface area contributed by atoms with Gasteiger partial charge in [0.25, 0.3) is 0 Å². The van der Waals surface area contributed by atoms with Gasteiger partial charge in [0.1, 0.15) is 11.9 Å². The number of nitrogens with one attached hydrogen (secondary N) is 2. The summed E-state index contributed by atoms with van der Waals surface area (Å²) in [5.74, 6) is -1.37. The van der Waals surface area contributed by atoms with Gasteiger partial charge in [-0.15, -0.1) is 0 Å². The molecule has 2 aromatic rings. The molecule has 8 nitrogen and oxygen atoms in total. The third-order valence-electron chi connectivity index (χ3n) is 5.57.